The summed E-state index contributed by atoms with van der Waals surface area (Å²) in [6.45, 7) is 10.1. The van der Waals surface area contributed by atoms with Crippen LogP contribution in [0.3, 0.4) is 0 Å². The van der Waals surface area contributed by atoms with Crippen LogP contribution < -0.4 is 5.32 Å². The molecule has 0 fully saturated rings. The highest BCUT2D eigenvalue weighted by molar-refractivity contribution is 5.99. The van der Waals surface area contributed by atoms with Crippen molar-refractivity contribution >= 4 is 33.3 Å². The fraction of sp³-hybridized carbons (Fsp3) is 0.0294. The molecule has 0 aliphatic carbocycles. The van der Waals surface area contributed by atoms with Gasteiger partial charge in [-0.15, -0.1) is 0 Å². The lowest BCUT2D eigenvalue weighted by Crippen LogP contribution is -2.09. The fourth-order valence-electron chi connectivity index (χ4n) is 4.86. The van der Waals surface area contributed by atoms with E-state index in [1.54, 1.807) is 18.3 Å². The van der Waals surface area contributed by atoms with Gasteiger partial charge in [0, 0.05) is 40.1 Å². The third-order valence-electron chi connectivity index (χ3n) is 6.93. The van der Waals surface area contributed by atoms with E-state index in [-0.39, 0.29) is 5.82 Å². The van der Waals surface area contributed by atoms with Gasteiger partial charge in [0.2, 0.25) is 0 Å². The monoisotopic (exact) mass is 538 g/mol. The third-order valence-corrected chi connectivity index (χ3v) is 6.93. The summed E-state index contributed by atoms with van der Waals surface area (Å²) in [5.74, 6) is -0.284. The zero-order chi connectivity index (χ0) is 28.3. The zero-order valence-electron chi connectivity index (χ0n) is 22.4. The molecule has 0 bridgehead atoms. The Hall–Kier alpha value is -5.56. The molecular weight excluding hydrogens is 511 g/mol. The number of allylic oxidation sites excluding steroid dienone is 4. The van der Waals surface area contributed by atoms with Gasteiger partial charge in [0.1, 0.15) is 17.2 Å². The number of hydrogen-bond acceptors (Lipinski definition) is 4. The number of hydrogen-bond donors (Lipinski definition) is 3. The second-order valence-corrected chi connectivity index (χ2v) is 9.52. The molecule has 6 aromatic rings. The van der Waals surface area contributed by atoms with Gasteiger partial charge in [-0.3, -0.25) is 5.10 Å². The molecule has 4 aromatic heterocycles. The van der Waals surface area contributed by atoms with Crippen LogP contribution in [0.25, 0.3) is 55.9 Å². The van der Waals surface area contributed by atoms with E-state index in [0.29, 0.717) is 11.3 Å². The SMILES string of the molecule is C=C/C(=C\C(=C/C)c1cnc2[nH]nc(-c3cc4c(-c5cccc(F)c5)ccnc4[nH]3)c2c1)NC(=C)c1ccccc1. The average Bonchev–Trinajstić information content (AvgIpc) is 3.63. The molecule has 0 unspecified atom stereocenters. The van der Waals surface area contributed by atoms with Crippen molar-refractivity contribution in [3.05, 3.63) is 139 Å². The van der Waals surface area contributed by atoms with Crippen molar-refractivity contribution in [3.63, 3.8) is 0 Å². The highest BCUT2D eigenvalue weighted by Gasteiger charge is 2.16. The molecule has 200 valence electrons. The van der Waals surface area contributed by atoms with Crippen molar-refractivity contribution in [2.24, 2.45) is 0 Å². The summed E-state index contributed by atoms with van der Waals surface area (Å²) in [6, 6.07) is 22.4. The molecule has 0 aliphatic heterocycles. The van der Waals surface area contributed by atoms with Gasteiger partial charge in [-0.2, -0.15) is 5.10 Å². The number of nitrogens with one attached hydrogen (secondary N) is 3. The minimum Gasteiger partial charge on any atom is -0.356 e. The minimum absolute atomic E-state index is 0.284. The highest BCUT2D eigenvalue weighted by Crippen LogP contribution is 2.34. The van der Waals surface area contributed by atoms with Gasteiger partial charge in [-0.05, 0) is 71.7 Å². The average molecular weight is 539 g/mol. The molecule has 6 nitrogen and oxygen atoms in total. The summed E-state index contributed by atoms with van der Waals surface area (Å²) >= 11 is 0. The Morgan fingerprint density at radius 2 is 1.78 bits per heavy atom. The van der Waals surface area contributed by atoms with Crippen LogP contribution in [0.2, 0.25) is 0 Å². The normalized spacial score (nSPS) is 12.1. The first-order valence-corrected chi connectivity index (χ1v) is 13.1. The maximum absolute atomic E-state index is 14.0. The molecule has 7 heteroatoms. The Morgan fingerprint density at radius 1 is 0.927 bits per heavy atom. The molecule has 2 aromatic carbocycles. The van der Waals surface area contributed by atoms with Crippen molar-refractivity contribution < 1.29 is 4.39 Å². The number of aromatic amines is 2. The van der Waals surface area contributed by atoms with Crippen molar-refractivity contribution in [2.75, 3.05) is 0 Å². The number of benzene rings is 2. The summed E-state index contributed by atoms with van der Waals surface area (Å²) in [4.78, 5) is 12.5. The zero-order valence-corrected chi connectivity index (χ0v) is 22.4. The Bertz CT molecular complexity index is 1980. The lowest BCUT2D eigenvalue weighted by atomic mass is 10.0. The van der Waals surface area contributed by atoms with E-state index in [2.05, 4.69) is 49.7 Å². The second-order valence-electron chi connectivity index (χ2n) is 9.52. The molecule has 41 heavy (non-hydrogen) atoms. The Balaban J connectivity index is 1.36. The first-order chi connectivity index (χ1) is 20.0. The number of H-pyrrole nitrogens is 2. The third kappa shape index (κ3) is 5.08. The predicted octanol–water partition coefficient (Wildman–Crippen LogP) is 8.04. The molecule has 0 atom stereocenters. The van der Waals surface area contributed by atoms with Crippen LogP contribution in [0.5, 0.6) is 0 Å². The number of fused-ring (bicyclic) bond motifs is 2. The molecule has 0 aliphatic rings. The maximum Gasteiger partial charge on any atom is 0.155 e. The van der Waals surface area contributed by atoms with Gasteiger partial charge in [0.05, 0.1) is 5.69 Å². The van der Waals surface area contributed by atoms with Crippen LogP contribution in [0, 0.1) is 5.82 Å². The summed E-state index contributed by atoms with van der Waals surface area (Å²) in [5, 5.41) is 12.7. The Kier molecular flexibility index (Phi) is 6.83. The lowest BCUT2D eigenvalue weighted by molar-refractivity contribution is 0.628. The van der Waals surface area contributed by atoms with Gasteiger partial charge in [-0.25, -0.2) is 14.4 Å². The summed E-state index contributed by atoms with van der Waals surface area (Å²) in [7, 11) is 0. The van der Waals surface area contributed by atoms with E-state index in [1.165, 1.54) is 12.1 Å². The van der Waals surface area contributed by atoms with E-state index in [9.17, 15) is 4.39 Å². The molecular formula is C34H27FN6. The van der Waals surface area contributed by atoms with Crippen LogP contribution >= 0.6 is 0 Å². The molecule has 3 N–H and O–H groups in total. The summed E-state index contributed by atoms with van der Waals surface area (Å²) in [6.07, 6.45) is 9.34. The van der Waals surface area contributed by atoms with Crippen LogP contribution in [0.4, 0.5) is 4.39 Å². The number of rotatable bonds is 8. The van der Waals surface area contributed by atoms with E-state index in [0.717, 1.165) is 61.4 Å². The summed E-state index contributed by atoms with van der Waals surface area (Å²) < 4.78 is 14.0. The van der Waals surface area contributed by atoms with Crippen LogP contribution in [0.1, 0.15) is 18.1 Å². The minimum atomic E-state index is -0.284. The number of nitrogens with zero attached hydrogens (tertiary/aromatic N) is 3. The van der Waals surface area contributed by atoms with Crippen LogP contribution in [-0.4, -0.2) is 25.1 Å². The number of pyridine rings is 2. The van der Waals surface area contributed by atoms with E-state index < -0.39 is 0 Å². The number of aromatic nitrogens is 5. The van der Waals surface area contributed by atoms with Gasteiger partial charge in [0.15, 0.2) is 5.65 Å². The first-order valence-electron chi connectivity index (χ1n) is 13.1. The maximum atomic E-state index is 14.0. The predicted molar refractivity (Wildman–Crippen MR) is 165 cm³/mol. The molecule has 0 saturated carbocycles. The molecule has 0 amide bonds. The molecule has 0 saturated heterocycles. The van der Waals surface area contributed by atoms with Gasteiger partial charge < -0.3 is 10.3 Å². The van der Waals surface area contributed by atoms with Crippen LogP contribution in [-0.2, 0) is 0 Å². The van der Waals surface area contributed by atoms with Crippen molar-refractivity contribution in [3.8, 4) is 22.5 Å². The van der Waals surface area contributed by atoms with E-state index in [4.69, 9.17) is 0 Å². The van der Waals surface area contributed by atoms with E-state index >= 15 is 0 Å². The van der Waals surface area contributed by atoms with Crippen molar-refractivity contribution in [1.82, 2.24) is 30.5 Å². The topological polar surface area (TPSA) is 82.3 Å². The quantitative estimate of drug-likeness (QED) is 0.171. The summed E-state index contributed by atoms with van der Waals surface area (Å²) in [5.41, 5.74) is 9.01. The van der Waals surface area contributed by atoms with Crippen molar-refractivity contribution in [2.45, 2.75) is 6.92 Å². The van der Waals surface area contributed by atoms with Crippen LogP contribution in [0.15, 0.2) is 122 Å². The second kappa shape index (κ2) is 10.9. The molecule has 6 rings (SSSR count). The van der Waals surface area contributed by atoms with Gasteiger partial charge in [0.25, 0.3) is 0 Å². The lowest BCUT2D eigenvalue weighted by Gasteiger charge is -2.12. The van der Waals surface area contributed by atoms with Crippen molar-refractivity contribution in [1.29, 1.82) is 0 Å². The number of halogens is 1. The molecule has 0 spiro atoms. The Morgan fingerprint density at radius 3 is 2.56 bits per heavy atom. The van der Waals surface area contributed by atoms with E-state index in [1.807, 2.05) is 73.8 Å². The molecule has 4 heterocycles. The highest BCUT2D eigenvalue weighted by atomic mass is 19.1. The first kappa shape index (κ1) is 25.7. The van der Waals surface area contributed by atoms with Gasteiger partial charge >= 0.3 is 0 Å². The Labute approximate surface area is 236 Å². The standard InChI is InChI=1S/C34H27FN6/c1-4-22(17-27(5-2)38-21(3)23-10-7-6-8-11-23)25-18-30-32(40-41-34(30)37-20-25)31-19-29-28(14-15-36-33(29)39-31)24-12-9-13-26(35)16-24/h4-20,38H,2-3H2,1H3,(H,36,39)(H,37,40,41)/b22-4+,27-17+. The largest absolute Gasteiger partial charge is 0.356 e. The smallest absolute Gasteiger partial charge is 0.155 e. The fourth-order valence-corrected chi connectivity index (χ4v) is 4.86. The molecule has 0 radical (unpaired) electrons. The van der Waals surface area contributed by atoms with Gasteiger partial charge in [-0.1, -0.05) is 61.7 Å².